The normalized spacial score (nSPS) is 11.1. The molecule has 0 aliphatic carbocycles. The first-order valence-corrected chi connectivity index (χ1v) is 10.00. The van der Waals surface area contributed by atoms with Gasteiger partial charge in [-0.05, 0) is 67.9 Å². The van der Waals surface area contributed by atoms with Crippen LogP contribution in [-0.2, 0) is 10.0 Å². The van der Waals surface area contributed by atoms with Crippen molar-refractivity contribution in [1.82, 2.24) is 0 Å². The van der Waals surface area contributed by atoms with Crippen LogP contribution in [0.5, 0.6) is 0 Å². The molecule has 0 aliphatic heterocycles. The van der Waals surface area contributed by atoms with Crippen molar-refractivity contribution in [2.45, 2.75) is 18.7 Å². The molecule has 2 N–H and O–H groups in total. The number of nitrogens with one attached hydrogen (secondary N) is 2. The maximum Gasteiger partial charge on any atom is 0.261 e. The van der Waals surface area contributed by atoms with Crippen LogP contribution in [0, 0.1) is 19.7 Å². The van der Waals surface area contributed by atoms with Gasteiger partial charge in [0.15, 0.2) is 0 Å². The van der Waals surface area contributed by atoms with Gasteiger partial charge in [0.05, 0.1) is 4.90 Å². The smallest absolute Gasteiger partial charge is 0.261 e. The molecule has 0 spiro atoms. The van der Waals surface area contributed by atoms with Crippen LogP contribution in [0.4, 0.5) is 15.8 Å². The molecule has 5 nitrogen and oxygen atoms in total. The Morgan fingerprint density at radius 3 is 2.32 bits per heavy atom. The second kappa shape index (κ2) is 7.82. The SMILES string of the molecule is Cc1ccc(S(=O)(=O)Nc2cccc(C(=O)Nc3ccc(F)cc3C)c2)cc1. The summed E-state index contributed by atoms with van der Waals surface area (Å²) in [6, 6.07) is 16.7. The van der Waals surface area contributed by atoms with E-state index in [2.05, 4.69) is 10.0 Å². The largest absolute Gasteiger partial charge is 0.322 e. The van der Waals surface area contributed by atoms with E-state index in [1.807, 2.05) is 6.92 Å². The van der Waals surface area contributed by atoms with E-state index in [-0.39, 0.29) is 22.0 Å². The maximum absolute atomic E-state index is 13.2. The maximum atomic E-state index is 13.2. The molecule has 28 heavy (non-hydrogen) atoms. The number of hydrogen-bond acceptors (Lipinski definition) is 3. The van der Waals surface area contributed by atoms with Crippen LogP contribution < -0.4 is 10.0 Å². The van der Waals surface area contributed by atoms with E-state index < -0.39 is 15.9 Å². The first-order chi connectivity index (χ1) is 13.2. The lowest BCUT2D eigenvalue weighted by atomic mass is 10.1. The summed E-state index contributed by atoms with van der Waals surface area (Å²) in [5, 5.41) is 2.70. The van der Waals surface area contributed by atoms with Gasteiger partial charge in [-0.1, -0.05) is 23.8 Å². The summed E-state index contributed by atoms with van der Waals surface area (Å²) >= 11 is 0. The Morgan fingerprint density at radius 2 is 1.64 bits per heavy atom. The average molecular weight is 398 g/mol. The van der Waals surface area contributed by atoms with Crippen LogP contribution in [0.3, 0.4) is 0 Å². The Labute approximate surface area is 163 Å². The van der Waals surface area contributed by atoms with E-state index in [0.29, 0.717) is 11.3 Å². The van der Waals surface area contributed by atoms with Gasteiger partial charge in [-0.2, -0.15) is 0 Å². The minimum atomic E-state index is -3.77. The summed E-state index contributed by atoms with van der Waals surface area (Å²) in [7, 11) is -3.77. The Balaban J connectivity index is 1.79. The quantitative estimate of drug-likeness (QED) is 0.665. The van der Waals surface area contributed by atoms with Crippen molar-refractivity contribution in [2.24, 2.45) is 0 Å². The number of halogens is 1. The van der Waals surface area contributed by atoms with Gasteiger partial charge in [0.2, 0.25) is 0 Å². The Morgan fingerprint density at radius 1 is 0.929 bits per heavy atom. The standard InChI is InChI=1S/C21H19FN2O3S/c1-14-6-9-19(10-7-14)28(26,27)24-18-5-3-4-16(13-18)21(25)23-20-11-8-17(22)12-15(20)2/h3-13,24H,1-2H3,(H,23,25). The molecule has 0 heterocycles. The summed E-state index contributed by atoms with van der Waals surface area (Å²) in [5.41, 5.74) is 2.56. The third-order valence-electron chi connectivity index (χ3n) is 4.14. The molecule has 0 unspecified atom stereocenters. The van der Waals surface area contributed by atoms with E-state index in [1.165, 1.54) is 36.4 Å². The number of hydrogen-bond donors (Lipinski definition) is 2. The fourth-order valence-corrected chi connectivity index (χ4v) is 3.67. The highest BCUT2D eigenvalue weighted by atomic mass is 32.2. The first kappa shape index (κ1) is 19.6. The number of carbonyl (C=O) groups excluding carboxylic acids is 1. The zero-order chi connectivity index (χ0) is 20.3. The monoisotopic (exact) mass is 398 g/mol. The van der Waals surface area contributed by atoms with Crippen molar-refractivity contribution in [2.75, 3.05) is 10.0 Å². The second-order valence-corrected chi connectivity index (χ2v) is 8.10. The van der Waals surface area contributed by atoms with Crippen LogP contribution in [-0.4, -0.2) is 14.3 Å². The number of sulfonamides is 1. The highest BCUT2D eigenvalue weighted by Crippen LogP contribution is 2.20. The third kappa shape index (κ3) is 4.55. The predicted octanol–water partition coefficient (Wildman–Crippen LogP) is 4.50. The summed E-state index contributed by atoms with van der Waals surface area (Å²) in [6.07, 6.45) is 0. The molecule has 3 aromatic rings. The molecule has 0 radical (unpaired) electrons. The van der Waals surface area contributed by atoms with Crippen LogP contribution in [0.1, 0.15) is 21.5 Å². The summed E-state index contributed by atoms with van der Waals surface area (Å²) in [4.78, 5) is 12.6. The highest BCUT2D eigenvalue weighted by Gasteiger charge is 2.15. The molecular weight excluding hydrogens is 379 g/mol. The highest BCUT2D eigenvalue weighted by molar-refractivity contribution is 7.92. The summed E-state index contributed by atoms with van der Waals surface area (Å²) in [6.45, 7) is 3.56. The summed E-state index contributed by atoms with van der Waals surface area (Å²) < 4.78 is 40.7. The molecule has 7 heteroatoms. The number of rotatable bonds is 5. The topological polar surface area (TPSA) is 75.3 Å². The average Bonchev–Trinajstić information content (AvgIpc) is 2.64. The lowest BCUT2D eigenvalue weighted by Gasteiger charge is -2.11. The van der Waals surface area contributed by atoms with E-state index in [4.69, 9.17) is 0 Å². The fraction of sp³-hybridized carbons (Fsp3) is 0.0952. The molecule has 3 rings (SSSR count). The van der Waals surface area contributed by atoms with Gasteiger partial charge < -0.3 is 5.32 Å². The van der Waals surface area contributed by atoms with E-state index in [0.717, 1.165) is 5.56 Å². The molecule has 0 aliphatic rings. The molecule has 0 saturated carbocycles. The zero-order valence-corrected chi connectivity index (χ0v) is 16.2. The molecule has 1 amide bonds. The number of carbonyl (C=O) groups is 1. The molecule has 0 bridgehead atoms. The van der Waals surface area contributed by atoms with Crippen LogP contribution in [0.2, 0.25) is 0 Å². The minimum Gasteiger partial charge on any atom is -0.322 e. The summed E-state index contributed by atoms with van der Waals surface area (Å²) in [5.74, 6) is -0.811. The van der Waals surface area contributed by atoms with Crippen LogP contribution in [0.25, 0.3) is 0 Å². The Kier molecular flexibility index (Phi) is 5.46. The van der Waals surface area contributed by atoms with Gasteiger partial charge in [0.1, 0.15) is 5.82 Å². The lowest BCUT2D eigenvalue weighted by Crippen LogP contribution is -2.15. The van der Waals surface area contributed by atoms with Crippen molar-refractivity contribution in [3.05, 3.63) is 89.2 Å². The molecule has 0 aromatic heterocycles. The number of amides is 1. The molecule has 3 aromatic carbocycles. The van der Waals surface area contributed by atoms with Crippen molar-refractivity contribution < 1.29 is 17.6 Å². The first-order valence-electron chi connectivity index (χ1n) is 8.52. The van der Waals surface area contributed by atoms with E-state index >= 15 is 0 Å². The molecule has 0 saturated heterocycles. The minimum absolute atomic E-state index is 0.134. The molecule has 0 atom stereocenters. The Hall–Kier alpha value is -3.19. The molecule has 0 fully saturated rings. The van der Waals surface area contributed by atoms with Crippen LogP contribution in [0.15, 0.2) is 71.6 Å². The van der Waals surface area contributed by atoms with Gasteiger partial charge in [-0.25, -0.2) is 12.8 Å². The lowest BCUT2D eigenvalue weighted by molar-refractivity contribution is 0.102. The number of aryl methyl sites for hydroxylation is 2. The second-order valence-electron chi connectivity index (χ2n) is 6.41. The Bertz CT molecular complexity index is 1130. The van der Waals surface area contributed by atoms with Gasteiger partial charge in [-0.15, -0.1) is 0 Å². The van der Waals surface area contributed by atoms with Crippen molar-refractivity contribution in [3.8, 4) is 0 Å². The van der Waals surface area contributed by atoms with Gasteiger partial charge in [0, 0.05) is 16.9 Å². The number of anilines is 2. The van der Waals surface area contributed by atoms with E-state index in [9.17, 15) is 17.6 Å². The predicted molar refractivity (Wildman–Crippen MR) is 108 cm³/mol. The third-order valence-corrected chi connectivity index (χ3v) is 5.54. The van der Waals surface area contributed by atoms with Gasteiger partial charge in [0.25, 0.3) is 15.9 Å². The van der Waals surface area contributed by atoms with E-state index in [1.54, 1.807) is 37.3 Å². The van der Waals surface area contributed by atoms with Crippen molar-refractivity contribution in [1.29, 1.82) is 0 Å². The number of benzene rings is 3. The van der Waals surface area contributed by atoms with Gasteiger partial charge >= 0.3 is 0 Å². The molecular formula is C21H19FN2O3S. The zero-order valence-electron chi connectivity index (χ0n) is 15.4. The van der Waals surface area contributed by atoms with Gasteiger partial charge in [-0.3, -0.25) is 9.52 Å². The van der Waals surface area contributed by atoms with Crippen LogP contribution >= 0.6 is 0 Å². The van der Waals surface area contributed by atoms with Crippen molar-refractivity contribution >= 4 is 27.3 Å². The molecule has 144 valence electrons. The fourth-order valence-electron chi connectivity index (χ4n) is 2.62. The van der Waals surface area contributed by atoms with Crippen molar-refractivity contribution in [3.63, 3.8) is 0 Å².